The molecule has 120 valence electrons. The Kier molecular flexibility index (Phi) is 4.71. The zero-order valence-electron chi connectivity index (χ0n) is 13.7. The number of hydrogen-bond donors (Lipinski definition) is 1. The van der Waals surface area contributed by atoms with Gasteiger partial charge in [0.1, 0.15) is 5.82 Å². The lowest BCUT2D eigenvalue weighted by Crippen LogP contribution is -2.02. The van der Waals surface area contributed by atoms with Crippen LogP contribution >= 0.6 is 11.5 Å². The normalized spacial score (nSPS) is 11.1. The van der Waals surface area contributed by atoms with Gasteiger partial charge in [0.05, 0.1) is 11.4 Å². The summed E-state index contributed by atoms with van der Waals surface area (Å²) in [6.07, 6.45) is 2.96. The summed E-state index contributed by atoms with van der Waals surface area (Å²) in [6, 6.07) is 10.2. The van der Waals surface area contributed by atoms with E-state index in [4.69, 9.17) is 5.10 Å². The molecule has 1 aromatic carbocycles. The molecule has 0 atom stereocenters. The Labute approximate surface area is 140 Å². The minimum Gasteiger partial charge on any atom is -0.356 e. The number of rotatable bonds is 6. The van der Waals surface area contributed by atoms with Gasteiger partial charge < -0.3 is 5.32 Å². The van der Waals surface area contributed by atoms with Gasteiger partial charge in [-0.15, -0.1) is 0 Å². The van der Waals surface area contributed by atoms with Crippen LogP contribution in [0.25, 0.3) is 5.69 Å². The standard InChI is InChI=1S/C17H21N5S/c1-4-15-19-17(23-21-15)18-10-13-11-22(20-16(13)12(2)3)14-8-6-5-7-9-14/h5-9,11-12H,4,10H2,1-3H3,(H,18,19,21). The topological polar surface area (TPSA) is 55.6 Å². The van der Waals surface area contributed by atoms with E-state index in [0.29, 0.717) is 12.5 Å². The summed E-state index contributed by atoms with van der Waals surface area (Å²) < 4.78 is 6.25. The molecule has 0 bridgehead atoms. The van der Waals surface area contributed by atoms with Gasteiger partial charge >= 0.3 is 0 Å². The predicted octanol–water partition coefficient (Wildman–Crippen LogP) is 4.02. The molecule has 2 heterocycles. The zero-order valence-corrected chi connectivity index (χ0v) is 14.5. The van der Waals surface area contributed by atoms with Crippen molar-refractivity contribution >= 4 is 16.7 Å². The lowest BCUT2D eigenvalue weighted by atomic mass is 10.1. The number of nitrogens with one attached hydrogen (secondary N) is 1. The van der Waals surface area contributed by atoms with Crippen LogP contribution in [-0.4, -0.2) is 19.1 Å². The molecule has 0 spiro atoms. The highest BCUT2D eigenvalue weighted by molar-refractivity contribution is 7.09. The summed E-state index contributed by atoms with van der Waals surface area (Å²) in [6.45, 7) is 7.11. The Bertz CT molecular complexity index is 760. The number of aromatic nitrogens is 4. The van der Waals surface area contributed by atoms with E-state index < -0.39 is 0 Å². The maximum atomic E-state index is 4.76. The first kappa shape index (κ1) is 15.7. The smallest absolute Gasteiger partial charge is 0.202 e. The Morgan fingerprint density at radius 3 is 2.65 bits per heavy atom. The van der Waals surface area contributed by atoms with E-state index in [1.165, 1.54) is 17.1 Å². The first-order chi connectivity index (χ1) is 11.2. The highest BCUT2D eigenvalue weighted by Crippen LogP contribution is 2.21. The number of benzene rings is 1. The minimum atomic E-state index is 0.373. The van der Waals surface area contributed by atoms with Crippen molar-refractivity contribution in [2.24, 2.45) is 0 Å². The van der Waals surface area contributed by atoms with Crippen LogP contribution in [0.3, 0.4) is 0 Å². The number of aryl methyl sites for hydroxylation is 1. The third-order valence-electron chi connectivity index (χ3n) is 3.60. The van der Waals surface area contributed by atoms with E-state index >= 15 is 0 Å². The summed E-state index contributed by atoms with van der Waals surface area (Å²) in [7, 11) is 0. The quantitative estimate of drug-likeness (QED) is 0.743. The monoisotopic (exact) mass is 327 g/mol. The highest BCUT2D eigenvalue weighted by Gasteiger charge is 2.14. The molecular formula is C17H21N5S. The fourth-order valence-corrected chi connectivity index (χ4v) is 3.04. The van der Waals surface area contributed by atoms with Crippen LogP contribution in [0, 0.1) is 0 Å². The SMILES string of the molecule is CCc1nsc(NCc2cn(-c3ccccc3)nc2C(C)C)n1. The number of nitrogens with zero attached hydrogens (tertiary/aromatic N) is 4. The second kappa shape index (κ2) is 6.91. The molecule has 2 aromatic heterocycles. The van der Waals surface area contributed by atoms with Crippen molar-refractivity contribution in [2.75, 3.05) is 5.32 Å². The van der Waals surface area contributed by atoms with Crippen molar-refractivity contribution in [3.63, 3.8) is 0 Å². The highest BCUT2D eigenvalue weighted by atomic mass is 32.1. The second-order valence-corrected chi connectivity index (χ2v) is 6.45. The van der Waals surface area contributed by atoms with Crippen molar-refractivity contribution in [2.45, 2.75) is 39.7 Å². The van der Waals surface area contributed by atoms with Gasteiger partial charge in [0.2, 0.25) is 5.13 Å². The zero-order chi connectivity index (χ0) is 16.2. The van der Waals surface area contributed by atoms with Crippen molar-refractivity contribution in [1.29, 1.82) is 0 Å². The lowest BCUT2D eigenvalue weighted by Gasteiger charge is -2.05. The van der Waals surface area contributed by atoms with E-state index in [1.54, 1.807) is 0 Å². The molecule has 0 radical (unpaired) electrons. The van der Waals surface area contributed by atoms with Gasteiger partial charge in [0, 0.05) is 36.3 Å². The van der Waals surface area contributed by atoms with Gasteiger partial charge in [-0.1, -0.05) is 39.0 Å². The molecule has 0 unspecified atom stereocenters. The van der Waals surface area contributed by atoms with Crippen molar-refractivity contribution in [3.8, 4) is 5.69 Å². The average molecular weight is 327 g/mol. The van der Waals surface area contributed by atoms with Crippen LogP contribution < -0.4 is 5.32 Å². The van der Waals surface area contributed by atoms with Gasteiger partial charge in [0.15, 0.2) is 0 Å². The Morgan fingerprint density at radius 1 is 1.22 bits per heavy atom. The molecule has 0 amide bonds. The molecular weight excluding hydrogens is 306 g/mol. The van der Waals surface area contributed by atoms with Gasteiger partial charge in [-0.25, -0.2) is 9.67 Å². The van der Waals surface area contributed by atoms with E-state index in [0.717, 1.165) is 28.8 Å². The molecule has 0 aliphatic rings. The third kappa shape index (κ3) is 3.59. The molecule has 0 aliphatic carbocycles. The van der Waals surface area contributed by atoms with E-state index in [9.17, 15) is 0 Å². The molecule has 5 nitrogen and oxygen atoms in total. The fourth-order valence-electron chi connectivity index (χ4n) is 2.40. The van der Waals surface area contributed by atoms with Crippen LogP contribution in [-0.2, 0) is 13.0 Å². The first-order valence-corrected chi connectivity index (χ1v) is 8.65. The summed E-state index contributed by atoms with van der Waals surface area (Å²) >= 11 is 1.41. The van der Waals surface area contributed by atoms with Crippen LogP contribution in [0.5, 0.6) is 0 Å². The Hall–Kier alpha value is -2.21. The molecule has 1 N–H and O–H groups in total. The summed E-state index contributed by atoms with van der Waals surface area (Å²) in [5.74, 6) is 1.26. The van der Waals surface area contributed by atoms with Crippen LogP contribution in [0.1, 0.15) is 43.8 Å². The van der Waals surface area contributed by atoms with Crippen LogP contribution in [0.2, 0.25) is 0 Å². The van der Waals surface area contributed by atoms with E-state index in [-0.39, 0.29) is 0 Å². The predicted molar refractivity (Wildman–Crippen MR) is 94.3 cm³/mol. The van der Waals surface area contributed by atoms with Gasteiger partial charge in [0.25, 0.3) is 0 Å². The van der Waals surface area contributed by atoms with E-state index in [1.807, 2.05) is 22.9 Å². The molecule has 0 saturated carbocycles. The average Bonchev–Trinajstić information content (AvgIpc) is 3.20. The van der Waals surface area contributed by atoms with Crippen LogP contribution in [0.4, 0.5) is 5.13 Å². The molecule has 6 heteroatoms. The molecule has 0 aliphatic heterocycles. The van der Waals surface area contributed by atoms with Crippen molar-refractivity contribution in [3.05, 3.63) is 53.6 Å². The fraction of sp³-hybridized carbons (Fsp3) is 0.353. The van der Waals surface area contributed by atoms with Crippen molar-refractivity contribution < 1.29 is 0 Å². The third-order valence-corrected chi connectivity index (χ3v) is 4.32. The van der Waals surface area contributed by atoms with Crippen LogP contribution in [0.15, 0.2) is 36.5 Å². The summed E-state index contributed by atoms with van der Waals surface area (Å²) in [5, 5.41) is 8.99. The molecule has 3 rings (SSSR count). The lowest BCUT2D eigenvalue weighted by molar-refractivity contribution is 0.763. The van der Waals surface area contributed by atoms with E-state index in [2.05, 4.69) is 53.8 Å². The molecule has 3 aromatic rings. The Balaban J connectivity index is 1.81. The molecule has 0 fully saturated rings. The molecule has 0 saturated heterocycles. The number of para-hydroxylation sites is 1. The molecule has 23 heavy (non-hydrogen) atoms. The number of anilines is 1. The van der Waals surface area contributed by atoms with Gasteiger partial charge in [-0.2, -0.15) is 9.47 Å². The second-order valence-electron chi connectivity index (χ2n) is 5.70. The maximum absolute atomic E-state index is 4.76. The summed E-state index contributed by atoms with van der Waals surface area (Å²) in [5.41, 5.74) is 3.38. The first-order valence-electron chi connectivity index (χ1n) is 7.87. The van der Waals surface area contributed by atoms with Gasteiger partial charge in [-0.3, -0.25) is 0 Å². The maximum Gasteiger partial charge on any atom is 0.202 e. The summed E-state index contributed by atoms with van der Waals surface area (Å²) in [4.78, 5) is 4.45. The minimum absolute atomic E-state index is 0.373. The van der Waals surface area contributed by atoms with Gasteiger partial charge in [-0.05, 0) is 18.1 Å². The Morgan fingerprint density at radius 2 is 2.00 bits per heavy atom. The number of hydrogen-bond acceptors (Lipinski definition) is 5. The largest absolute Gasteiger partial charge is 0.356 e. The van der Waals surface area contributed by atoms with Crippen molar-refractivity contribution in [1.82, 2.24) is 19.1 Å².